The van der Waals surface area contributed by atoms with Crippen LogP contribution in [0.15, 0.2) is 23.3 Å². The van der Waals surface area contributed by atoms with Crippen molar-refractivity contribution in [2.75, 3.05) is 6.61 Å². The lowest BCUT2D eigenvalue weighted by molar-refractivity contribution is 0.0125. The Morgan fingerprint density at radius 3 is 1.39 bits per heavy atom. The molecule has 4 rings (SSSR count). The Bertz CT molecular complexity index is 672. The average molecular weight is 463 g/mol. The van der Waals surface area contributed by atoms with E-state index in [1.807, 2.05) is 6.08 Å². The van der Waals surface area contributed by atoms with Gasteiger partial charge in [0.05, 0.1) is 18.8 Å². The first-order chi connectivity index (χ1) is 15.1. The molecule has 0 heterocycles. The summed E-state index contributed by atoms with van der Waals surface area (Å²) in [6, 6.07) is 0. The van der Waals surface area contributed by atoms with E-state index in [0.29, 0.717) is 10.8 Å². The van der Waals surface area contributed by atoms with Crippen LogP contribution in [0.25, 0.3) is 0 Å². The van der Waals surface area contributed by atoms with E-state index >= 15 is 0 Å². The fourth-order valence-electron chi connectivity index (χ4n) is 7.17. The first kappa shape index (κ1) is 28.6. The van der Waals surface area contributed by atoms with Crippen LogP contribution < -0.4 is 0 Å². The van der Waals surface area contributed by atoms with Gasteiger partial charge in [-0.05, 0) is 106 Å². The van der Waals surface area contributed by atoms with Gasteiger partial charge in [0, 0.05) is 0 Å². The van der Waals surface area contributed by atoms with Gasteiger partial charge in [-0.15, -0.1) is 0 Å². The summed E-state index contributed by atoms with van der Waals surface area (Å²) in [6.07, 6.45) is 13.4. The minimum atomic E-state index is -0.0313. The lowest BCUT2D eigenvalue weighted by Gasteiger charge is -2.36. The quantitative estimate of drug-likeness (QED) is 0.392. The van der Waals surface area contributed by atoms with Crippen LogP contribution in [0.3, 0.4) is 0 Å². The third-order valence-corrected chi connectivity index (χ3v) is 11.0. The van der Waals surface area contributed by atoms with Gasteiger partial charge in [-0.3, -0.25) is 0 Å². The van der Waals surface area contributed by atoms with Crippen LogP contribution in [-0.2, 0) is 0 Å². The van der Waals surface area contributed by atoms with Crippen molar-refractivity contribution in [1.82, 2.24) is 0 Å². The van der Waals surface area contributed by atoms with Gasteiger partial charge < -0.3 is 15.3 Å². The van der Waals surface area contributed by atoms with Crippen molar-refractivity contribution >= 4 is 0 Å². The molecule has 0 radical (unpaired) electrons. The number of hydrogen-bond donors (Lipinski definition) is 3. The van der Waals surface area contributed by atoms with E-state index in [9.17, 15) is 10.2 Å². The maximum absolute atomic E-state index is 9.81. The van der Waals surface area contributed by atoms with Gasteiger partial charge in [0.1, 0.15) is 0 Å². The highest BCUT2D eigenvalue weighted by Gasteiger charge is 2.61. The van der Waals surface area contributed by atoms with Gasteiger partial charge in [0.2, 0.25) is 0 Å². The minimum absolute atomic E-state index is 0.0313. The van der Waals surface area contributed by atoms with E-state index in [1.165, 1.54) is 36.8 Å². The second-order valence-corrected chi connectivity index (χ2v) is 13.3. The fourth-order valence-corrected chi connectivity index (χ4v) is 7.17. The Hall–Kier alpha value is -0.640. The zero-order valence-electron chi connectivity index (χ0n) is 23.2. The average Bonchev–Trinajstić information content (AvgIpc) is 3.21. The van der Waals surface area contributed by atoms with Crippen molar-refractivity contribution in [3.05, 3.63) is 23.3 Å². The number of allylic oxidation sites excluding steroid dienone is 3. The van der Waals surface area contributed by atoms with Gasteiger partial charge in [0.25, 0.3) is 0 Å². The minimum Gasteiger partial charge on any atom is -0.393 e. The summed E-state index contributed by atoms with van der Waals surface area (Å²) in [7, 11) is 0. The van der Waals surface area contributed by atoms with E-state index in [0.717, 1.165) is 37.5 Å². The second-order valence-electron chi connectivity index (χ2n) is 13.3. The normalized spacial score (nSPS) is 39.5. The molecule has 3 N–H and O–H groups in total. The van der Waals surface area contributed by atoms with Crippen LogP contribution in [0.2, 0.25) is 0 Å². The molecule has 0 aliphatic heterocycles. The molecule has 6 atom stereocenters. The maximum atomic E-state index is 9.81. The van der Waals surface area contributed by atoms with Crippen molar-refractivity contribution in [1.29, 1.82) is 0 Å². The summed E-state index contributed by atoms with van der Waals surface area (Å²) in [6.45, 7) is 20.2. The van der Waals surface area contributed by atoms with Gasteiger partial charge in [-0.2, -0.15) is 0 Å². The van der Waals surface area contributed by atoms with Crippen LogP contribution in [0.5, 0.6) is 0 Å². The SMILES string of the molecule is CC(C)=CCC/C(C)=C/CO.CC1(C)C2CCC1(C)C(O)C2.CC1(C)C2CCC1(C)C(O)C2. The number of aliphatic hydroxyl groups excluding tert-OH is 3. The van der Waals surface area contributed by atoms with Gasteiger partial charge >= 0.3 is 0 Å². The predicted octanol–water partition coefficient (Wildman–Crippen LogP) is 7.06. The molecule has 4 aliphatic carbocycles. The summed E-state index contributed by atoms with van der Waals surface area (Å²) in [5.74, 6) is 1.56. The topological polar surface area (TPSA) is 60.7 Å². The maximum Gasteiger partial charge on any atom is 0.0614 e. The molecule has 4 bridgehead atoms. The Balaban J connectivity index is 0.000000175. The van der Waals surface area contributed by atoms with Gasteiger partial charge in [0.15, 0.2) is 0 Å². The van der Waals surface area contributed by atoms with Gasteiger partial charge in [-0.25, -0.2) is 0 Å². The largest absolute Gasteiger partial charge is 0.393 e. The first-order valence-corrected chi connectivity index (χ1v) is 13.4. The molecule has 0 aromatic carbocycles. The lowest BCUT2D eigenvalue weighted by Crippen LogP contribution is -2.35. The standard InChI is InChI=1S/3C10H18O/c2*1-9(2)7-4-5-10(9,3)8(11)6-7;1-9(2)5-4-6-10(3)7-8-11/h2*7-8,11H,4-6H2,1-3H3;5,7,11H,4,6,8H2,1-3H3/b;;10-7+. The highest BCUT2D eigenvalue weighted by atomic mass is 16.3. The van der Waals surface area contributed by atoms with E-state index < -0.39 is 0 Å². The van der Waals surface area contributed by atoms with E-state index in [4.69, 9.17) is 5.11 Å². The molecule has 3 nitrogen and oxygen atoms in total. The molecule has 6 unspecified atom stereocenters. The number of fused-ring (bicyclic) bond motifs is 4. The predicted molar refractivity (Wildman–Crippen MR) is 140 cm³/mol. The van der Waals surface area contributed by atoms with Crippen LogP contribution in [0.1, 0.15) is 114 Å². The molecule has 3 heteroatoms. The Labute approximate surface area is 204 Å². The van der Waals surface area contributed by atoms with Crippen LogP contribution in [0.4, 0.5) is 0 Å². The van der Waals surface area contributed by atoms with Gasteiger partial charge in [-0.1, -0.05) is 64.8 Å². The molecular formula is C30H54O3. The summed E-state index contributed by atoms with van der Waals surface area (Å²) in [4.78, 5) is 0. The van der Waals surface area contributed by atoms with Crippen molar-refractivity contribution < 1.29 is 15.3 Å². The third-order valence-electron chi connectivity index (χ3n) is 11.0. The lowest BCUT2D eigenvalue weighted by atomic mass is 9.70. The fraction of sp³-hybridized carbons (Fsp3) is 0.867. The molecule has 192 valence electrons. The Morgan fingerprint density at radius 2 is 1.18 bits per heavy atom. The molecule has 4 saturated carbocycles. The second kappa shape index (κ2) is 10.5. The third kappa shape index (κ3) is 5.46. The molecule has 0 spiro atoms. The molecule has 0 saturated heterocycles. The van der Waals surface area contributed by atoms with E-state index in [1.54, 1.807) is 0 Å². The smallest absolute Gasteiger partial charge is 0.0614 e. The van der Waals surface area contributed by atoms with Crippen molar-refractivity contribution in [3.8, 4) is 0 Å². The summed E-state index contributed by atoms with van der Waals surface area (Å²) >= 11 is 0. The van der Waals surface area contributed by atoms with E-state index in [2.05, 4.69) is 68.4 Å². The number of rotatable bonds is 4. The zero-order valence-corrected chi connectivity index (χ0v) is 23.2. The zero-order chi connectivity index (χ0) is 25.2. The van der Waals surface area contributed by atoms with Crippen LogP contribution in [-0.4, -0.2) is 34.1 Å². The van der Waals surface area contributed by atoms with E-state index in [-0.39, 0.29) is 29.6 Å². The first-order valence-electron chi connectivity index (χ1n) is 13.4. The van der Waals surface area contributed by atoms with Crippen molar-refractivity contribution in [3.63, 3.8) is 0 Å². The van der Waals surface area contributed by atoms with Crippen LogP contribution >= 0.6 is 0 Å². The van der Waals surface area contributed by atoms with Crippen molar-refractivity contribution in [2.45, 2.75) is 126 Å². The summed E-state index contributed by atoms with van der Waals surface area (Å²) in [5.41, 5.74) is 3.83. The molecule has 0 amide bonds. The number of hydrogen-bond acceptors (Lipinski definition) is 3. The highest BCUT2D eigenvalue weighted by molar-refractivity contribution is 5.11. The number of aliphatic hydroxyl groups is 3. The molecule has 4 aliphatic rings. The Morgan fingerprint density at radius 1 is 0.758 bits per heavy atom. The summed E-state index contributed by atoms with van der Waals surface area (Å²) in [5, 5.41) is 28.2. The van der Waals surface area contributed by atoms with Crippen molar-refractivity contribution in [2.24, 2.45) is 33.5 Å². The molecular weight excluding hydrogens is 408 g/mol. The molecule has 0 aromatic heterocycles. The summed E-state index contributed by atoms with van der Waals surface area (Å²) < 4.78 is 0. The molecule has 33 heavy (non-hydrogen) atoms. The Kier molecular flexibility index (Phi) is 9.14. The monoisotopic (exact) mass is 462 g/mol. The van der Waals surface area contributed by atoms with Crippen LogP contribution in [0, 0.1) is 33.5 Å². The highest BCUT2D eigenvalue weighted by Crippen LogP contribution is 2.66. The molecule has 4 fully saturated rings. The molecule has 0 aromatic rings.